The zero-order valence-electron chi connectivity index (χ0n) is 11.9. The molecule has 1 atom stereocenters. The molecule has 0 radical (unpaired) electrons. The Bertz CT molecular complexity index is 769. The molecule has 3 aromatic rings. The molecule has 0 aliphatic rings. The van der Waals surface area contributed by atoms with Gasteiger partial charge in [0.05, 0.1) is 12.2 Å². The minimum absolute atomic E-state index is 0.0526. The second kappa shape index (κ2) is 5.52. The Hall–Kier alpha value is -2.43. The summed E-state index contributed by atoms with van der Waals surface area (Å²) in [4.78, 5) is 8.28. The van der Waals surface area contributed by atoms with Crippen LogP contribution in [0.5, 0.6) is 0 Å². The van der Waals surface area contributed by atoms with Crippen LogP contribution in [0, 0.1) is 5.82 Å². The van der Waals surface area contributed by atoms with E-state index < -0.39 is 0 Å². The van der Waals surface area contributed by atoms with E-state index >= 15 is 0 Å². The number of nitrogens with zero attached hydrogens (tertiary/aromatic N) is 2. The Labute approximate surface area is 122 Å². The maximum Gasteiger partial charge on any atom is 0.195 e. The van der Waals surface area contributed by atoms with Crippen LogP contribution in [-0.2, 0) is 6.42 Å². The zero-order chi connectivity index (χ0) is 14.8. The number of anilines is 1. The zero-order valence-corrected chi connectivity index (χ0v) is 11.9. The van der Waals surface area contributed by atoms with Gasteiger partial charge >= 0.3 is 0 Å². The summed E-state index contributed by atoms with van der Waals surface area (Å²) < 4.78 is 18.8. The van der Waals surface area contributed by atoms with Crippen molar-refractivity contribution in [1.29, 1.82) is 0 Å². The highest BCUT2D eigenvalue weighted by molar-refractivity contribution is 5.77. The average molecular weight is 285 g/mol. The molecule has 1 unspecified atom stereocenters. The molecule has 0 saturated carbocycles. The van der Waals surface area contributed by atoms with Crippen molar-refractivity contribution in [2.24, 2.45) is 0 Å². The summed E-state index contributed by atoms with van der Waals surface area (Å²) in [5.41, 5.74) is 3.30. The summed E-state index contributed by atoms with van der Waals surface area (Å²) in [6.07, 6.45) is 3.62. The minimum atomic E-state index is -0.333. The third-order valence-corrected chi connectivity index (χ3v) is 3.34. The van der Waals surface area contributed by atoms with Crippen molar-refractivity contribution >= 4 is 16.8 Å². The number of aryl methyl sites for hydroxylation is 1. The van der Waals surface area contributed by atoms with Crippen LogP contribution in [0.25, 0.3) is 11.1 Å². The number of rotatable bonds is 4. The van der Waals surface area contributed by atoms with Crippen molar-refractivity contribution in [2.45, 2.75) is 26.3 Å². The molecule has 2 heterocycles. The number of oxazole rings is 1. The van der Waals surface area contributed by atoms with Gasteiger partial charge in [-0.05, 0) is 36.8 Å². The van der Waals surface area contributed by atoms with Gasteiger partial charge in [0.2, 0.25) is 0 Å². The topological polar surface area (TPSA) is 51.0 Å². The highest BCUT2D eigenvalue weighted by Gasteiger charge is 2.09. The lowest BCUT2D eigenvalue weighted by Gasteiger charge is -2.15. The minimum Gasteiger partial charge on any atom is -0.441 e. The van der Waals surface area contributed by atoms with Crippen molar-refractivity contribution in [1.82, 2.24) is 9.97 Å². The Balaban J connectivity index is 1.83. The van der Waals surface area contributed by atoms with E-state index in [9.17, 15) is 4.39 Å². The Morgan fingerprint density at radius 2 is 2.14 bits per heavy atom. The summed E-state index contributed by atoms with van der Waals surface area (Å²) in [5, 5.41) is 3.32. The second-order valence-electron chi connectivity index (χ2n) is 4.95. The molecule has 0 aliphatic heterocycles. The molecule has 21 heavy (non-hydrogen) atoms. The summed E-state index contributed by atoms with van der Waals surface area (Å²) in [7, 11) is 0. The van der Waals surface area contributed by atoms with E-state index in [0.717, 1.165) is 34.7 Å². The normalized spacial score (nSPS) is 12.5. The highest BCUT2D eigenvalue weighted by atomic mass is 19.1. The molecular weight excluding hydrogens is 269 g/mol. The van der Waals surface area contributed by atoms with E-state index in [2.05, 4.69) is 15.3 Å². The Morgan fingerprint density at radius 1 is 1.29 bits per heavy atom. The summed E-state index contributed by atoms with van der Waals surface area (Å²) in [6, 6.07) is 7.18. The number of hydrogen-bond donors (Lipinski definition) is 1. The monoisotopic (exact) mass is 285 g/mol. The standard InChI is InChI=1S/C16H16FN3O/c1-3-16-20-14-7-13(4-5-15(14)21-16)19-10(2)11-6-12(17)9-18-8-11/h4-10,19H,3H2,1-2H3. The molecule has 0 amide bonds. The molecule has 1 N–H and O–H groups in total. The molecule has 0 aliphatic carbocycles. The van der Waals surface area contributed by atoms with Gasteiger partial charge in [0.1, 0.15) is 11.3 Å². The van der Waals surface area contributed by atoms with Crippen LogP contribution < -0.4 is 5.32 Å². The van der Waals surface area contributed by atoms with Gasteiger partial charge in [0, 0.05) is 18.3 Å². The van der Waals surface area contributed by atoms with Crippen LogP contribution in [0.2, 0.25) is 0 Å². The lowest BCUT2D eigenvalue weighted by Crippen LogP contribution is -2.07. The third kappa shape index (κ3) is 2.86. The fourth-order valence-corrected chi connectivity index (χ4v) is 2.21. The van der Waals surface area contributed by atoms with E-state index in [4.69, 9.17) is 4.42 Å². The largest absolute Gasteiger partial charge is 0.441 e. The van der Waals surface area contributed by atoms with Crippen molar-refractivity contribution in [2.75, 3.05) is 5.32 Å². The van der Waals surface area contributed by atoms with E-state index in [-0.39, 0.29) is 11.9 Å². The van der Waals surface area contributed by atoms with Crippen LogP contribution >= 0.6 is 0 Å². The van der Waals surface area contributed by atoms with Gasteiger partial charge in [-0.1, -0.05) is 6.92 Å². The number of fused-ring (bicyclic) bond motifs is 1. The predicted octanol–water partition coefficient (Wildman–Crippen LogP) is 4.10. The van der Waals surface area contributed by atoms with Gasteiger partial charge in [-0.25, -0.2) is 9.37 Å². The first-order chi connectivity index (χ1) is 10.2. The van der Waals surface area contributed by atoms with Crippen LogP contribution in [0.4, 0.5) is 10.1 Å². The summed E-state index contributed by atoms with van der Waals surface area (Å²) in [6.45, 7) is 3.96. The molecule has 0 saturated heterocycles. The molecule has 5 heteroatoms. The number of halogens is 1. The molecule has 3 rings (SSSR count). The SMILES string of the molecule is CCc1nc2cc(NC(C)c3cncc(F)c3)ccc2o1. The maximum absolute atomic E-state index is 13.2. The quantitative estimate of drug-likeness (QED) is 0.784. The van der Waals surface area contributed by atoms with E-state index in [0.29, 0.717) is 0 Å². The second-order valence-corrected chi connectivity index (χ2v) is 4.95. The molecule has 4 nitrogen and oxygen atoms in total. The van der Waals surface area contributed by atoms with Crippen LogP contribution in [0.3, 0.4) is 0 Å². The maximum atomic E-state index is 13.2. The van der Waals surface area contributed by atoms with E-state index in [1.54, 1.807) is 6.20 Å². The Kier molecular flexibility index (Phi) is 3.56. The number of nitrogens with one attached hydrogen (secondary N) is 1. The molecule has 0 spiro atoms. The average Bonchev–Trinajstić information content (AvgIpc) is 2.89. The fraction of sp³-hybridized carbons (Fsp3) is 0.250. The van der Waals surface area contributed by atoms with E-state index in [1.165, 1.54) is 12.3 Å². The first kappa shape index (κ1) is 13.5. The molecule has 108 valence electrons. The number of hydrogen-bond acceptors (Lipinski definition) is 4. The lowest BCUT2D eigenvalue weighted by atomic mass is 10.1. The van der Waals surface area contributed by atoms with Crippen molar-refractivity contribution in [3.05, 3.63) is 53.9 Å². The fourth-order valence-electron chi connectivity index (χ4n) is 2.21. The van der Waals surface area contributed by atoms with Crippen LogP contribution in [0.15, 0.2) is 41.1 Å². The smallest absolute Gasteiger partial charge is 0.195 e. The van der Waals surface area contributed by atoms with Crippen LogP contribution in [-0.4, -0.2) is 9.97 Å². The van der Waals surface area contributed by atoms with Crippen LogP contribution in [0.1, 0.15) is 31.3 Å². The number of benzene rings is 1. The van der Waals surface area contributed by atoms with Gasteiger partial charge in [0.25, 0.3) is 0 Å². The van der Waals surface area contributed by atoms with Gasteiger partial charge in [-0.3, -0.25) is 4.98 Å². The lowest BCUT2D eigenvalue weighted by molar-refractivity contribution is 0.538. The molecule has 2 aromatic heterocycles. The first-order valence-corrected chi connectivity index (χ1v) is 6.92. The summed E-state index contributed by atoms with van der Waals surface area (Å²) in [5.74, 6) is 0.394. The highest BCUT2D eigenvalue weighted by Crippen LogP contribution is 2.24. The molecular formula is C16H16FN3O. The third-order valence-electron chi connectivity index (χ3n) is 3.34. The van der Waals surface area contributed by atoms with Crippen molar-refractivity contribution in [3.8, 4) is 0 Å². The molecule has 0 bridgehead atoms. The molecule has 1 aromatic carbocycles. The number of aromatic nitrogens is 2. The van der Waals surface area contributed by atoms with Gasteiger partial charge in [0.15, 0.2) is 11.5 Å². The van der Waals surface area contributed by atoms with E-state index in [1.807, 2.05) is 32.0 Å². The molecule has 0 fully saturated rings. The number of pyridine rings is 1. The van der Waals surface area contributed by atoms with Gasteiger partial charge < -0.3 is 9.73 Å². The summed E-state index contributed by atoms with van der Waals surface area (Å²) >= 11 is 0. The predicted molar refractivity (Wildman–Crippen MR) is 79.6 cm³/mol. The van der Waals surface area contributed by atoms with Crippen molar-refractivity contribution < 1.29 is 8.81 Å². The van der Waals surface area contributed by atoms with Gasteiger partial charge in [-0.15, -0.1) is 0 Å². The van der Waals surface area contributed by atoms with Gasteiger partial charge in [-0.2, -0.15) is 0 Å². The van der Waals surface area contributed by atoms with Crippen molar-refractivity contribution in [3.63, 3.8) is 0 Å². The Morgan fingerprint density at radius 3 is 2.90 bits per heavy atom. The first-order valence-electron chi connectivity index (χ1n) is 6.92.